The fraction of sp³-hybridized carbons (Fsp3) is 0.933. The van der Waals surface area contributed by atoms with Crippen LogP contribution in [0, 0.1) is 5.92 Å². The first-order chi connectivity index (χ1) is 8.84. The highest BCUT2D eigenvalue weighted by molar-refractivity contribution is 14.1. The van der Waals surface area contributed by atoms with Gasteiger partial charge in [-0.25, -0.2) is 0 Å². The number of rotatable bonds is 7. The molecule has 2 nitrogen and oxygen atoms in total. The summed E-state index contributed by atoms with van der Waals surface area (Å²) < 4.78 is 1.26. The van der Waals surface area contributed by atoms with E-state index in [2.05, 4.69) is 27.9 Å². The van der Waals surface area contributed by atoms with Crippen molar-refractivity contribution in [3.8, 4) is 0 Å². The smallest absolute Gasteiger partial charge is 0.223 e. The summed E-state index contributed by atoms with van der Waals surface area (Å²) in [4.78, 5) is 12.0. The van der Waals surface area contributed by atoms with Crippen LogP contribution in [0.1, 0.15) is 70.6 Å². The van der Waals surface area contributed by atoms with Gasteiger partial charge in [-0.1, -0.05) is 67.5 Å². The van der Waals surface area contributed by atoms with E-state index in [1.807, 2.05) is 0 Å². The van der Waals surface area contributed by atoms with Crippen LogP contribution in [0.2, 0.25) is 0 Å². The summed E-state index contributed by atoms with van der Waals surface area (Å²) in [7, 11) is 0. The van der Waals surface area contributed by atoms with E-state index in [4.69, 9.17) is 0 Å². The number of amides is 1. The van der Waals surface area contributed by atoms with Crippen LogP contribution in [-0.2, 0) is 4.79 Å². The number of nitrogens with one attached hydrogen (secondary N) is 1. The van der Waals surface area contributed by atoms with Gasteiger partial charge >= 0.3 is 0 Å². The average Bonchev–Trinajstić information content (AvgIpc) is 2.33. The number of hydrogen-bond acceptors (Lipinski definition) is 1. The molecular weight excluding hydrogens is 337 g/mol. The number of halogens is 1. The Kier molecular flexibility index (Phi) is 9.99. The van der Waals surface area contributed by atoms with E-state index in [1.165, 1.54) is 55.8 Å². The molecule has 0 aromatic heterocycles. The summed E-state index contributed by atoms with van der Waals surface area (Å²) in [6.07, 6.45) is 13.7. The fourth-order valence-electron chi connectivity index (χ4n) is 2.65. The molecule has 1 saturated carbocycles. The standard InChI is InChI=1S/C15H28INO/c16-12-8-4-5-9-13-17-15(18)14-10-6-2-1-3-7-11-14/h14H,1-13H2,(H,17,18). The number of carbonyl (C=O) groups is 1. The van der Waals surface area contributed by atoms with Crippen molar-refractivity contribution in [2.75, 3.05) is 11.0 Å². The minimum absolute atomic E-state index is 0.305. The summed E-state index contributed by atoms with van der Waals surface area (Å²) in [6.45, 7) is 0.885. The Labute approximate surface area is 126 Å². The van der Waals surface area contributed by atoms with Gasteiger partial charge in [0, 0.05) is 12.5 Å². The van der Waals surface area contributed by atoms with Gasteiger partial charge in [0.05, 0.1) is 0 Å². The van der Waals surface area contributed by atoms with Gasteiger partial charge in [0.25, 0.3) is 0 Å². The van der Waals surface area contributed by atoms with Crippen LogP contribution in [-0.4, -0.2) is 16.9 Å². The molecule has 1 aliphatic carbocycles. The summed E-state index contributed by atoms with van der Waals surface area (Å²) in [6, 6.07) is 0. The second-order valence-corrected chi connectivity index (χ2v) is 6.52. The van der Waals surface area contributed by atoms with Crippen LogP contribution < -0.4 is 5.32 Å². The highest BCUT2D eigenvalue weighted by Crippen LogP contribution is 2.22. The molecule has 1 fully saturated rings. The topological polar surface area (TPSA) is 29.1 Å². The third-order valence-electron chi connectivity index (χ3n) is 3.84. The Morgan fingerprint density at radius 3 is 2.22 bits per heavy atom. The largest absolute Gasteiger partial charge is 0.356 e. The summed E-state index contributed by atoms with van der Waals surface area (Å²) in [5, 5.41) is 3.14. The van der Waals surface area contributed by atoms with Crippen molar-refractivity contribution in [2.24, 2.45) is 5.92 Å². The average molecular weight is 365 g/mol. The van der Waals surface area contributed by atoms with Crippen LogP contribution in [0.25, 0.3) is 0 Å². The zero-order valence-electron chi connectivity index (χ0n) is 11.6. The van der Waals surface area contributed by atoms with E-state index in [0.717, 1.165) is 25.8 Å². The van der Waals surface area contributed by atoms with Crippen LogP contribution in [0.4, 0.5) is 0 Å². The molecule has 3 heteroatoms. The van der Waals surface area contributed by atoms with Crippen LogP contribution >= 0.6 is 22.6 Å². The number of alkyl halides is 1. The van der Waals surface area contributed by atoms with Gasteiger partial charge in [-0.2, -0.15) is 0 Å². The van der Waals surface area contributed by atoms with E-state index < -0.39 is 0 Å². The predicted molar refractivity (Wildman–Crippen MR) is 86.2 cm³/mol. The first-order valence-corrected chi connectivity index (χ1v) is 9.21. The van der Waals surface area contributed by atoms with Gasteiger partial charge in [0.15, 0.2) is 0 Å². The third-order valence-corrected chi connectivity index (χ3v) is 4.60. The summed E-state index contributed by atoms with van der Waals surface area (Å²) >= 11 is 2.43. The second-order valence-electron chi connectivity index (χ2n) is 5.44. The minimum atomic E-state index is 0.305. The summed E-state index contributed by atoms with van der Waals surface area (Å²) in [5.41, 5.74) is 0. The van der Waals surface area contributed by atoms with Crippen molar-refractivity contribution in [3.05, 3.63) is 0 Å². The third kappa shape index (κ3) is 7.59. The molecule has 0 radical (unpaired) electrons. The van der Waals surface area contributed by atoms with E-state index in [0.29, 0.717) is 11.8 Å². The van der Waals surface area contributed by atoms with Crippen molar-refractivity contribution < 1.29 is 4.79 Å². The van der Waals surface area contributed by atoms with Crippen molar-refractivity contribution in [3.63, 3.8) is 0 Å². The lowest BCUT2D eigenvalue weighted by molar-refractivity contribution is -0.125. The van der Waals surface area contributed by atoms with Crippen molar-refractivity contribution in [2.45, 2.75) is 70.6 Å². The molecule has 106 valence electrons. The maximum absolute atomic E-state index is 12.0. The van der Waals surface area contributed by atoms with Gasteiger partial charge in [0.2, 0.25) is 5.91 Å². The highest BCUT2D eigenvalue weighted by atomic mass is 127. The Bertz CT molecular complexity index is 213. The molecule has 0 unspecified atom stereocenters. The molecule has 1 N–H and O–H groups in total. The zero-order chi connectivity index (χ0) is 13.1. The maximum Gasteiger partial charge on any atom is 0.223 e. The van der Waals surface area contributed by atoms with Gasteiger partial charge in [0.1, 0.15) is 0 Å². The first-order valence-electron chi connectivity index (χ1n) is 7.68. The van der Waals surface area contributed by atoms with Crippen molar-refractivity contribution >= 4 is 28.5 Å². The van der Waals surface area contributed by atoms with Gasteiger partial charge < -0.3 is 5.32 Å². The molecule has 0 aromatic carbocycles. The first kappa shape index (κ1) is 16.3. The Balaban J connectivity index is 2.06. The number of unbranched alkanes of at least 4 members (excludes halogenated alkanes) is 3. The molecule has 1 rings (SSSR count). The molecule has 0 bridgehead atoms. The Morgan fingerprint density at radius 1 is 0.944 bits per heavy atom. The van der Waals surface area contributed by atoms with Crippen LogP contribution in [0.15, 0.2) is 0 Å². The van der Waals surface area contributed by atoms with E-state index in [-0.39, 0.29) is 0 Å². The van der Waals surface area contributed by atoms with E-state index in [9.17, 15) is 4.79 Å². The summed E-state index contributed by atoms with van der Waals surface area (Å²) in [5.74, 6) is 0.630. The number of hydrogen-bond donors (Lipinski definition) is 1. The van der Waals surface area contributed by atoms with Gasteiger partial charge in [-0.05, 0) is 30.1 Å². The monoisotopic (exact) mass is 365 g/mol. The molecule has 1 amide bonds. The number of carbonyl (C=O) groups excluding carboxylic acids is 1. The van der Waals surface area contributed by atoms with E-state index in [1.54, 1.807) is 0 Å². The molecule has 0 saturated heterocycles. The Hall–Kier alpha value is 0.200. The Morgan fingerprint density at radius 2 is 1.56 bits per heavy atom. The molecule has 18 heavy (non-hydrogen) atoms. The molecule has 0 spiro atoms. The van der Waals surface area contributed by atoms with Gasteiger partial charge in [-0.15, -0.1) is 0 Å². The molecule has 0 atom stereocenters. The predicted octanol–water partition coefficient (Wildman–Crippen LogP) is 4.46. The van der Waals surface area contributed by atoms with Crippen LogP contribution in [0.3, 0.4) is 0 Å². The molecule has 1 aliphatic rings. The lowest BCUT2D eigenvalue weighted by Crippen LogP contribution is -2.31. The fourth-order valence-corrected chi connectivity index (χ4v) is 3.19. The minimum Gasteiger partial charge on any atom is -0.356 e. The molecule has 0 aliphatic heterocycles. The molecule has 0 aromatic rings. The van der Waals surface area contributed by atoms with Crippen LogP contribution in [0.5, 0.6) is 0 Å². The lowest BCUT2D eigenvalue weighted by atomic mass is 9.90. The SMILES string of the molecule is O=C(NCCCCCCI)C1CCCCCCC1. The van der Waals surface area contributed by atoms with Crippen molar-refractivity contribution in [1.29, 1.82) is 0 Å². The highest BCUT2D eigenvalue weighted by Gasteiger charge is 2.18. The van der Waals surface area contributed by atoms with Crippen molar-refractivity contribution in [1.82, 2.24) is 5.32 Å². The van der Waals surface area contributed by atoms with Gasteiger partial charge in [-0.3, -0.25) is 4.79 Å². The van der Waals surface area contributed by atoms with E-state index >= 15 is 0 Å². The lowest BCUT2D eigenvalue weighted by Gasteiger charge is -2.19. The zero-order valence-corrected chi connectivity index (χ0v) is 13.7. The maximum atomic E-state index is 12.0. The quantitative estimate of drug-likeness (QED) is 0.403. The normalized spacial score (nSPS) is 18.1. The molecule has 0 heterocycles. The second kappa shape index (κ2) is 11.1. The molecular formula is C15H28INO.